The summed E-state index contributed by atoms with van der Waals surface area (Å²) in [6, 6.07) is 9.03. The van der Waals surface area contributed by atoms with Crippen molar-refractivity contribution in [1.82, 2.24) is 14.8 Å². The molecule has 0 bridgehead atoms. The topological polar surface area (TPSA) is 86.9 Å². The molecule has 28 heavy (non-hydrogen) atoms. The van der Waals surface area contributed by atoms with Gasteiger partial charge in [0.1, 0.15) is 0 Å². The molecule has 3 heterocycles. The van der Waals surface area contributed by atoms with E-state index in [1.807, 2.05) is 35.2 Å². The van der Waals surface area contributed by atoms with Gasteiger partial charge in [0.25, 0.3) is 11.8 Å². The molecule has 0 radical (unpaired) electrons. The van der Waals surface area contributed by atoms with Crippen LogP contribution < -0.4 is 0 Å². The highest BCUT2D eigenvalue weighted by Crippen LogP contribution is 2.44. The number of hydrogen-bond donors (Lipinski definition) is 1. The summed E-state index contributed by atoms with van der Waals surface area (Å²) in [7, 11) is 0. The van der Waals surface area contributed by atoms with Gasteiger partial charge in [-0.25, -0.2) is 4.98 Å². The molecule has 7 nitrogen and oxygen atoms in total. The van der Waals surface area contributed by atoms with Crippen LogP contribution in [0, 0.1) is 12.3 Å². The van der Waals surface area contributed by atoms with Gasteiger partial charge in [0, 0.05) is 25.2 Å². The highest BCUT2D eigenvalue weighted by Gasteiger charge is 2.47. The van der Waals surface area contributed by atoms with Gasteiger partial charge in [-0.1, -0.05) is 18.2 Å². The summed E-state index contributed by atoms with van der Waals surface area (Å²) in [4.78, 5) is 33.2. The minimum absolute atomic E-state index is 0.0349. The number of aliphatic hydroxyl groups is 1. The summed E-state index contributed by atoms with van der Waals surface area (Å²) in [5.41, 5.74) is 1.20. The molecule has 2 saturated heterocycles. The van der Waals surface area contributed by atoms with Crippen LogP contribution in [0.5, 0.6) is 0 Å². The summed E-state index contributed by atoms with van der Waals surface area (Å²) in [6.45, 7) is 3.57. The van der Waals surface area contributed by atoms with E-state index in [0.717, 1.165) is 19.3 Å². The van der Waals surface area contributed by atoms with E-state index in [9.17, 15) is 14.7 Å². The standard InChI is InChI=1S/C21H25N3O4/c1-15-18(28-14-22-15)20(27)23-9-7-21(8-10-23)11-17(12-25)24(13-21)19(26)16-5-3-2-4-6-16/h2-6,14,17,25H,7-13H2,1H3/t17-/m1/s1. The van der Waals surface area contributed by atoms with Crippen molar-refractivity contribution in [3.8, 4) is 0 Å². The van der Waals surface area contributed by atoms with Gasteiger partial charge in [-0.3, -0.25) is 9.59 Å². The summed E-state index contributed by atoms with van der Waals surface area (Å²) in [5, 5.41) is 9.86. The van der Waals surface area contributed by atoms with Gasteiger partial charge in [0.05, 0.1) is 18.3 Å². The zero-order chi connectivity index (χ0) is 19.7. The van der Waals surface area contributed by atoms with Crippen molar-refractivity contribution in [2.45, 2.75) is 32.2 Å². The van der Waals surface area contributed by atoms with Crippen LogP contribution in [0.2, 0.25) is 0 Å². The van der Waals surface area contributed by atoms with E-state index in [2.05, 4.69) is 4.98 Å². The number of nitrogens with zero attached hydrogens (tertiary/aromatic N) is 3. The molecule has 7 heteroatoms. The third-order valence-electron chi connectivity index (χ3n) is 6.16. The molecule has 2 aliphatic heterocycles. The molecule has 0 unspecified atom stereocenters. The lowest BCUT2D eigenvalue weighted by molar-refractivity contribution is 0.0536. The van der Waals surface area contributed by atoms with E-state index in [1.165, 1.54) is 6.39 Å². The fraction of sp³-hybridized carbons (Fsp3) is 0.476. The van der Waals surface area contributed by atoms with Crippen molar-refractivity contribution in [2.75, 3.05) is 26.2 Å². The maximum absolute atomic E-state index is 12.9. The van der Waals surface area contributed by atoms with Crippen LogP contribution in [-0.2, 0) is 0 Å². The van der Waals surface area contributed by atoms with Gasteiger partial charge in [0.15, 0.2) is 6.39 Å². The number of oxazole rings is 1. The molecule has 1 N–H and O–H groups in total. The molecule has 148 valence electrons. The summed E-state index contributed by atoms with van der Waals surface area (Å²) in [5.74, 6) is 0.141. The van der Waals surface area contributed by atoms with Gasteiger partial charge in [-0.15, -0.1) is 0 Å². The Bertz CT molecular complexity index is 856. The van der Waals surface area contributed by atoms with E-state index in [-0.39, 0.29) is 29.9 Å². The second-order valence-electron chi connectivity index (χ2n) is 7.90. The maximum Gasteiger partial charge on any atom is 0.291 e. The molecule has 4 rings (SSSR count). The largest absolute Gasteiger partial charge is 0.438 e. The van der Waals surface area contributed by atoms with Gasteiger partial charge in [0.2, 0.25) is 5.76 Å². The molecule has 1 aromatic heterocycles. The smallest absolute Gasteiger partial charge is 0.291 e. The second-order valence-corrected chi connectivity index (χ2v) is 7.90. The number of amides is 2. The van der Waals surface area contributed by atoms with Crippen molar-refractivity contribution in [1.29, 1.82) is 0 Å². The van der Waals surface area contributed by atoms with Crippen LogP contribution in [-0.4, -0.2) is 64.0 Å². The van der Waals surface area contributed by atoms with Gasteiger partial charge < -0.3 is 19.3 Å². The van der Waals surface area contributed by atoms with Crippen LogP contribution >= 0.6 is 0 Å². The monoisotopic (exact) mass is 383 g/mol. The van der Waals surface area contributed by atoms with Gasteiger partial charge >= 0.3 is 0 Å². The lowest BCUT2D eigenvalue weighted by Gasteiger charge is -2.39. The van der Waals surface area contributed by atoms with E-state index < -0.39 is 0 Å². The molecular weight excluding hydrogens is 358 g/mol. The number of aromatic nitrogens is 1. The SMILES string of the molecule is Cc1ncoc1C(=O)N1CCC2(CC1)C[C@H](CO)N(C(=O)c1ccccc1)C2. The normalized spacial score (nSPS) is 21.3. The Morgan fingerprint density at radius 3 is 2.54 bits per heavy atom. The van der Waals surface area contributed by atoms with Crippen molar-refractivity contribution < 1.29 is 19.1 Å². The van der Waals surface area contributed by atoms with E-state index in [1.54, 1.807) is 11.8 Å². The molecular formula is C21H25N3O4. The highest BCUT2D eigenvalue weighted by molar-refractivity contribution is 5.94. The van der Waals surface area contributed by atoms with E-state index >= 15 is 0 Å². The van der Waals surface area contributed by atoms with Crippen molar-refractivity contribution in [3.63, 3.8) is 0 Å². The van der Waals surface area contributed by atoms with E-state index in [4.69, 9.17) is 4.42 Å². The average Bonchev–Trinajstić information content (AvgIpc) is 3.32. The molecule has 2 amide bonds. The molecule has 1 atom stereocenters. The zero-order valence-electron chi connectivity index (χ0n) is 16.0. The lowest BCUT2D eigenvalue weighted by atomic mass is 9.76. The predicted octanol–water partition coefficient (Wildman–Crippen LogP) is 2.11. The first-order chi connectivity index (χ1) is 13.5. The Morgan fingerprint density at radius 2 is 1.93 bits per heavy atom. The Balaban J connectivity index is 1.45. The third kappa shape index (κ3) is 3.30. The minimum Gasteiger partial charge on any atom is -0.438 e. The molecule has 0 aliphatic carbocycles. The zero-order valence-corrected chi connectivity index (χ0v) is 16.0. The Morgan fingerprint density at radius 1 is 1.21 bits per heavy atom. The van der Waals surface area contributed by atoms with Crippen LogP contribution in [0.25, 0.3) is 0 Å². The summed E-state index contributed by atoms with van der Waals surface area (Å²) in [6.07, 6.45) is 3.68. The first-order valence-corrected chi connectivity index (χ1v) is 9.69. The second kappa shape index (κ2) is 7.39. The molecule has 1 spiro atoms. The number of aliphatic hydroxyl groups excluding tert-OH is 1. The molecule has 2 aliphatic rings. The van der Waals surface area contributed by atoms with Crippen LogP contribution in [0.1, 0.15) is 45.9 Å². The molecule has 2 fully saturated rings. The first-order valence-electron chi connectivity index (χ1n) is 9.69. The average molecular weight is 383 g/mol. The lowest BCUT2D eigenvalue weighted by Crippen LogP contribution is -2.44. The summed E-state index contributed by atoms with van der Waals surface area (Å²) >= 11 is 0. The number of aryl methyl sites for hydroxylation is 1. The number of carbonyl (C=O) groups is 2. The van der Waals surface area contributed by atoms with Crippen molar-refractivity contribution >= 4 is 11.8 Å². The quantitative estimate of drug-likeness (QED) is 0.877. The number of likely N-dealkylation sites (tertiary alicyclic amines) is 2. The Hall–Kier alpha value is -2.67. The minimum atomic E-state index is -0.175. The highest BCUT2D eigenvalue weighted by atomic mass is 16.3. The Labute approximate surface area is 164 Å². The number of piperidine rings is 1. The number of rotatable bonds is 3. The molecule has 0 saturated carbocycles. The van der Waals surface area contributed by atoms with Gasteiger partial charge in [-0.05, 0) is 43.7 Å². The molecule has 2 aromatic rings. The third-order valence-corrected chi connectivity index (χ3v) is 6.16. The van der Waals surface area contributed by atoms with Crippen LogP contribution in [0.3, 0.4) is 0 Å². The van der Waals surface area contributed by atoms with E-state index in [0.29, 0.717) is 36.7 Å². The Kier molecular flexibility index (Phi) is 4.93. The van der Waals surface area contributed by atoms with Crippen molar-refractivity contribution in [2.24, 2.45) is 5.41 Å². The number of benzene rings is 1. The van der Waals surface area contributed by atoms with Crippen molar-refractivity contribution in [3.05, 3.63) is 53.7 Å². The summed E-state index contributed by atoms with van der Waals surface area (Å²) < 4.78 is 5.24. The number of carbonyl (C=O) groups excluding carboxylic acids is 2. The van der Waals surface area contributed by atoms with Crippen LogP contribution in [0.15, 0.2) is 41.1 Å². The first kappa shape index (κ1) is 18.7. The van der Waals surface area contributed by atoms with Gasteiger partial charge in [-0.2, -0.15) is 0 Å². The fourth-order valence-electron chi connectivity index (χ4n) is 4.51. The number of hydrogen-bond acceptors (Lipinski definition) is 5. The molecule has 1 aromatic carbocycles. The fourth-order valence-corrected chi connectivity index (χ4v) is 4.51. The maximum atomic E-state index is 12.9. The van der Waals surface area contributed by atoms with Crippen LogP contribution in [0.4, 0.5) is 0 Å². The predicted molar refractivity (Wildman–Crippen MR) is 102 cm³/mol.